The average Bonchev–Trinajstić information content (AvgIpc) is 2.62. The maximum absolute atomic E-state index is 11.3. The van der Waals surface area contributed by atoms with Crippen LogP contribution in [0.4, 0.5) is 0 Å². The first-order chi connectivity index (χ1) is 6.27. The molecule has 0 atom stereocenters. The first kappa shape index (κ1) is 9.82. The third-order valence-corrected chi connectivity index (χ3v) is 2.81. The Balaban J connectivity index is 2.62. The monoisotopic (exact) mass is 193 g/mol. The van der Waals surface area contributed by atoms with Gasteiger partial charge in [-0.15, -0.1) is 17.8 Å². The number of carbonyl (C=O) groups is 1. The SMILES string of the molecule is C#CCNC(=O)c1ccc(CC)s1. The minimum absolute atomic E-state index is 0.0809. The molecule has 0 aliphatic heterocycles. The van der Waals surface area contributed by atoms with Gasteiger partial charge in [0.1, 0.15) is 0 Å². The molecule has 0 radical (unpaired) electrons. The summed E-state index contributed by atoms with van der Waals surface area (Å²) in [7, 11) is 0. The van der Waals surface area contributed by atoms with Crippen LogP contribution in [-0.2, 0) is 6.42 Å². The standard InChI is InChI=1S/C10H11NOS/c1-3-7-11-10(12)9-6-5-8(4-2)13-9/h1,5-6H,4,7H2,2H3,(H,11,12). The fourth-order valence-corrected chi connectivity index (χ4v) is 1.77. The van der Waals surface area contributed by atoms with E-state index < -0.39 is 0 Å². The smallest absolute Gasteiger partial charge is 0.262 e. The summed E-state index contributed by atoms with van der Waals surface area (Å²) in [5.41, 5.74) is 0. The molecule has 0 aromatic carbocycles. The van der Waals surface area contributed by atoms with Crippen LogP contribution >= 0.6 is 11.3 Å². The molecule has 0 saturated heterocycles. The van der Waals surface area contributed by atoms with Crippen molar-refractivity contribution in [2.24, 2.45) is 0 Å². The number of carbonyl (C=O) groups excluding carboxylic acids is 1. The highest BCUT2D eigenvalue weighted by atomic mass is 32.1. The van der Waals surface area contributed by atoms with Crippen LogP contribution in [0.3, 0.4) is 0 Å². The molecule has 1 amide bonds. The molecule has 0 unspecified atom stereocenters. The van der Waals surface area contributed by atoms with Crippen molar-refractivity contribution < 1.29 is 4.79 Å². The first-order valence-electron chi connectivity index (χ1n) is 4.08. The number of hydrogen-bond donors (Lipinski definition) is 1. The van der Waals surface area contributed by atoms with Gasteiger partial charge in [-0.2, -0.15) is 0 Å². The van der Waals surface area contributed by atoms with Gasteiger partial charge in [0.2, 0.25) is 0 Å². The van der Waals surface area contributed by atoms with Crippen LogP contribution < -0.4 is 5.32 Å². The summed E-state index contributed by atoms with van der Waals surface area (Å²) in [6.07, 6.45) is 5.99. The predicted molar refractivity (Wildman–Crippen MR) is 54.9 cm³/mol. The average molecular weight is 193 g/mol. The van der Waals surface area contributed by atoms with Crippen molar-refractivity contribution in [3.8, 4) is 12.3 Å². The van der Waals surface area contributed by atoms with Gasteiger partial charge in [0.05, 0.1) is 11.4 Å². The fourth-order valence-electron chi connectivity index (χ4n) is 0.908. The zero-order valence-electron chi connectivity index (χ0n) is 7.46. The highest BCUT2D eigenvalue weighted by Crippen LogP contribution is 2.16. The third kappa shape index (κ3) is 2.60. The lowest BCUT2D eigenvalue weighted by molar-refractivity contribution is 0.0963. The van der Waals surface area contributed by atoms with E-state index in [2.05, 4.69) is 18.2 Å². The number of rotatable bonds is 3. The first-order valence-corrected chi connectivity index (χ1v) is 4.90. The molecule has 13 heavy (non-hydrogen) atoms. The molecule has 0 spiro atoms. The Bertz CT molecular complexity index is 335. The zero-order chi connectivity index (χ0) is 9.68. The lowest BCUT2D eigenvalue weighted by atomic mass is 10.3. The number of terminal acetylenes is 1. The minimum atomic E-state index is -0.0809. The van der Waals surface area contributed by atoms with Crippen LogP contribution in [0.25, 0.3) is 0 Å². The van der Waals surface area contributed by atoms with Crippen molar-refractivity contribution in [2.75, 3.05) is 6.54 Å². The number of nitrogens with one attached hydrogen (secondary N) is 1. The molecular weight excluding hydrogens is 182 g/mol. The molecule has 0 aliphatic rings. The van der Waals surface area contributed by atoms with Crippen molar-refractivity contribution in [1.82, 2.24) is 5.32 Å². The lowest BCUT2D eigenvalue weighted by Gasteiger charge is -1.96. The lowest BCUT2D eigenvalue weighted by Crippen LogP contribution is -2.22. The van der Waals surface area contributed by atoms with Gasteiger partial charge in [-0.25, -0.2) is 0 Å². The van der Waals surface area contributed by atoms with E-state index in [1.165, 1.54) is 16.2 Å². The number of aryl methyl sites for hydroxylation is 1. The highest BCUT2D eigenvalue weighted by molar-refractivity contribution is 7.14. The van der Waals surface area contributed by atoms with Gasteiger partial charge in [-0.3, -0.25) is 4.79 Å². The van der Waals surface area contributed by atoms with Crippen molar-refractivity contribution in [3.63, 3.8) is 0 Å². The zero-order valence-corrected chi connectivity index (χ0v) is 8.28. The van der Waals surface area contributed by atoms with Crippen molar-refractivity contribution in [3.05, 3.63) is 21.9 Å². The van der Waals surface area contributed by atoms with Crippen LogP contribution in [0, 0.1) is 12.3 Å². The maximum atomic E-state index is 11.3. The maximum Gasteiger partial charge on any atom is 0.262 e. The van der Waals surface area contributed by atoms with Crippen LogP contribution in [0.15, 0.2) is 12.1 Å². The van der Waals surface area contributed by atoms with Gasteiger partial charge in [0.25, 0.3) is 5.91 Å². The third-order valence-electron chi connectivity index (χ3n) is 1.58. The number of amides is 1. The topological polar surface area (TPSA) is 29.1 Å². The number of thiophene rings is 1. The van der Waals surface area contributed by atoms with Crippen LogP contribution in [0.5, 0.6) is 0 Å². The molecule has 0 aliphatic carbocycles. The van der Waals surface area contributed by atoms with Crippen LogP contribution in [0.1, 0.15) is 21.5 Å². The second kappa shape index (κ2) is 4.68. The van der Waals surface area contributed by atoms with E-state index in [0.29, 0.717) is 0 Å². The summed E-state index contributed by atoms with van der Waals surface area (Å²) in [6.45, 7) is 2.35. The van der Waals surface area contributed by atoms with Gasteiger partial charge in [0, 0.05) is 4.88 Å². The Labute approximate surface area is 82.0 Å². The molecule has 0 bridgehead atoms. The summed E-state index contributed by atoms with van der Waals surface area (Å²) in [5.74, 6) is 2.28. The second-order valence-corrected chi connectivity index (χ2v) is 3.67. The van der Waals surface area contributed by atoms with Crippen molar-refractivity contribution in [2.45, 2.75) is 13.3 Å². The Kier molecular flexibility index (Phi) is 3.53. The normalized spacial score (nSPS) is 9.23. The Morgan fingerprint density at radius 1 is 1.69 bits per heavy atom. The van der Waals surface area contributed by atoms with Gasteiger partial charge >= 0.3 is 0 Å². The van der Waals surface area contributed by atoms with E-state index in [1.807, 2.05) is 12.1 Å². The molecule has 3 heteroatoms. The Morgan fingerprint density at radius 2 is 2.46 bits per heavy atom. The Hall–Kier alpha value is -1.27. The predicted octanol–water partition coefficient (Wildman–Crippen LogP) is 1.67. The van der Waals surface area contributed by atoms with Gasteiger partial charge < -0.3 is 5.32 Å². The van der Waals surface area contributed by atoms with E-state index in [1.54, 1.807) is 0 Å². The molecule has 68 valence electrons. The number of hydrogen-bond acceptors (Lipinski definition) is 2. The van der Waals surface area contributed by atoms with Gasteiger partial charge in [0.15, 0.2) is 0 Å². The van der Waals surface area contributed by atoms with Crippen LogP contribution in [-0.4, -0.2) is 12.5 Å². The molecule has 0 saturated carbocycles. The fraction of sp³-hybridized carbons (Fsp3) is 0.300. The molecule has 1 heterocycles. The van der Waals surface area contributed by atoms with E-state index in [9.17, 15) is 4.79 Å². The van der Waals surface area contributed by atoms with Crippen LogP contribution in [0.2, 0.25) is 0 Å². The summed E-state index contributed by atoms with van der Waals surface area (Å²) < 4.78 is 0. The summed E-state index contributed by atoms with van der Waals surface area (Å²) in [4.78, 5) is 13.3. The Morgan fingerprint density at radius 3 is 3.00 bits per heavy atom. The largest absolute Gasteiger partial charge is 0.340 e. The molecule has 2 nitrogen and oxygen atoms in total. The van der Waals surface area contributed by atoms with Crippen molar-refractivity contribution in [1.29, 1.82) is 0 Å². The van der Waals surface area contributed by atoms with Crippen molar-refractivity contribution >= 4 is 17.2 Å². The molecule has 1 N–H and O–H groups in total. The minimum Gasteiger partial charge on any atom is -0.340 e. The molecule has 0 fully saturated rings. The quantitative estimate of drug-likeness (QED) is 0.727. The molecular formula is C10H11NOS. The summed E-state index contributed by atoms with van der Waals surface area (Å²) >= 11 is 1.51. The molecule has 1 rings (SSSR count). The highest BCUT2D eigenvalue weighted by Gasteiger charge is 2.06. The van der Waals surface area contributed by atoms with E-state index in [4.69, 9.17) is 6.42 Å². The summed E-state index contributed by atoms with van der Waals surface area (Å²) in [6, 6.07) is 3.80. The summed E-state index contributed by atoms with van der Waals surface area (Å²) in [5, 5.41) is 2.62. The second-order valence-electron chi connectivity index (χ2n) is 2.51. The van der Waals surface area contributed by atoms with Gasteiger partial charge in [-0.1, -0.05) is 12.8 Å². The molecule has 1 aromatic heterocycles. The van der Waals surface area contributed by atoms with E-state index >= 15 is 0 Å². The van der Waals surface area contributed by atoms with E-state index in [-0.39, 0.29) is 12.5 Å². The molecule has 1 aromatic rings. The van der Waals surface area contributed by atoms with E-state index in [0.717, 1.165) is 11.3 Å². The van der Waals surface area contributed by atoms with Gasteiger partial charge in [-0.05, 0) is 18.6 Å².